The number of carbonyl (C=O) groups excluding carboxylic acids is 1. The van der Waals surface area contributed by atoms with Crippen molar-refractivity contribution in [3.63, 3.8) is 0 Å². The molecule has 0 aliphatic carbocycles. The molecule has 0 saturated heterocycles. The maximum Gasteiger partial charge on any atom is 0.340 e. The summed E-state index contributed by atoms with van der Waals surface area (Å²) in [4.78, 5) is 17.6. The van der Waals surface area contributed by atoms with E-state index in [1.807, 2.05) is 32.0 Å². The molecule has 0 aliphatic rings. The molecular weight excluding hydrogens is 393 g/mol. The van der Waals surface area contributed by atoms with Crippen LogP contribution in [0.25, 0.3) is 22.0 Å². The van der Waals surface area contributed by atoms with Crippen molar-refractivity contribution in [1.82, 2.24) is 4.98 Å². The Kier molecular flexibility index (Phi) is 5.97. The van der Waals surface area contributed by atoms with Crippen molar-refractivity contribution in [2.24, 2.45) is 0 Å². The Labute approximate surface area is 175 Å². The van der Waals surface area contributed by atoms with Crippen LogP contribution >= 0.6 is 23.2 Å². The predicted molar refractivity (Wildman–Crippen MR) is 117 cm³/mol. The highest BCUT2D eigenvalue weighted by Gasteiger charge is 2.26. The molecule has 3 aromatic rings. The molecule has 1 aromatic heterocycles. The van der Waals surface area contributed by atoms with E-state index >= 15 is 0 Å². The highest BCUT2D eigenvalue weighted by atomic mass is 35.5. The average Bonchev–Trinajstić information content (AvgIpc) is 2.65. The Morgan fingerprint density at radius 2 is 1.75 bits per heavy atom. The molecule has 28 heavy (non-hydrogen) atoms. The summed E-state index contributed by atoms with van der Waals surface area (Å²) < 4.78 is 5.13. The number of benzene rings is 2. The monoisotopic (exact) mass is 415 g/mol. The Balaban J connectivity index is 2.53. The lowest BCUT2D eigenvalue weighted by atomic mass is 9.89. The van der Waals surface area contributed by atoms with E-state index in [4.69, 9.17) is 32.9 Å². The number of esters is 1. The van der Waals surface area contributed by atoms with Crippen LogP contribution in [0.4, 0.5) is 0 Å². The summed E-state index contributed by atoms with van der Waals surface area (Å²) in [5.41, 5.74) is 4.61. The number of ether oxygens (including phenoxy) is 1. The van der Waals surface area contributed by atoms with Gasteiger partial charge >= 0.3 is 5.97 Å². The van der Waals surface area contributed by atoms with Crippen LogP contribution in [-0.2, 0) is 4.74 Å². The Bertz CT molecular complexity index is 1060. The molecular formula is C23H23Cl2NO2. The quantitative estimate of drug-likeness (QED) is 0.421. The topological polar surface area (TPSA) is 39.2 Å². The van der Waals surface area contributed by atoms with Gasteiger partial charge in [-0.1, -0.05) is 75.2 Å². The van der Waals surface area contributed by atoms with Crippen LogP contribution in [0.15, 0.2) is 36.4 Å². The summed E-state index contributed by atoms with van der Waals surface area (Å²) in [6.07, 6.45) is 0. The molecule has 0 N–H and O–H groups in total. The Hall–Kier alpha value is -2.10. The smallest absolute Gasteiger partial charge is 0.340 e. The molecule has 0 aliphatic heterocycles. The van der Waals surface area contributed by atoms with Gasteiger partial charge in [-0.2, -0.15) is 0 Å². The molecule has 0 spiro atoms. The van der Waals surface area contributed by atoms with Crippen molar-refractivity contribution < 1.29 is 9.53 Å². The third-order valence-corrected chi connectivity index (χ3v) is 5.32. The molecule has 2 aromatic carbocycles. The van der Waals surface area contributed by atoms with Crippen molar-refractivity contribution in [2.75, 3.05) is 7.11 Å². The van der Waals surface area contributed by atoms with E-state index in [2.05, 4.69) is 26.0 Å². The fraction of sp³-hybridized carbons (Fsp3) is 0.304. The van der Waals surface area contributed by atoms with Gasteiger partial charge in [-0.15, -0.1) is 0 Å². The first-order chi connectivity index (χ1) is 13.2. The van der Waals surface area contributed by atoms with Crippen LogP contribution in [0.3, 0.4) is 0 Å². The van der Waals surface area contributed by atoms with Gasteiger partial charge in [-0.05, 0) is 35.1 Å². The number of aromatic nitrogens is 1. The second-order valence-electron chi connectivity index (χ2n) is 7.46. The van der Waals surface area contributed by atoms with Crippen LogP contribution in [0.2, 0.25) is 10.0 Å². The van der Waals surface area contributed by atoms with Gasteiger partial charge in [0.1, 0.15) is 0 Å². The van der Waals surface area contributed by atoms with Crippen molar-refractivity contribution in [2.45, 2.75) is 39.5 Å². The van der Waals surface area contributed by atoms with E-state index < -0.39 is 5.97 Å². The molecule has 0 fully saturated rings. The first kappa shape index (κ1) is 20.6. The van der Waals surface area contributed by atoms with Gasteiger partial charge in [0.15, 0.2) is 0 Å². The summed E-state index contributed by atoms with van der Waals surface area (Å²) in [5, 5.41) is 1.69. The second kappa shape index (κ2) is 8.10. The summed E-state index contributed by atoms with van der Waals surface area (Å²) in [7, 11) is 1.38. The highest BCUT2D eigenvalue weighted by molar-refractivity contribution is 6.39. The number of hydrogen-bond acceptors (Lipinski definition) is 3. The number of nitrogens with zero attached hydrogens (tertiary/aromatic N) is 1. The molecule has 0 unspecified atom stereocenters. The van der Waals surface area contributed by atoms with E-state index in [0.29, 0.717) is 32.7 Å². The zero-order valence-electron chi connectivity index (χ0n) is 16.6. The number of pyridine rings is 1. The molecule has 0 saturated carbocycles. The van der Waals surface area contributed by atoms with Crippen molar-refractivity contribution in [1.29, 1.82) is 0 Å². The number of hydrogen-bond donors (Lipinski definition) is 0. The Morgan fingerprint density at radius 3 is 2.36 bits per heavy atom. The largest absolute Gasteiger partial charge is 0.465 e. The molecule has 3 nitrogen and oxygen atoms in total. The minimum absolute atomic E-state index is 0.0114. The van der Waals surface area contributed by atoms with Crippen molar-refractivity contribution >= 4 is 40.1 Å². The zero-order valence-corrected chi connectivity index (χ0v) is 18.2. The van der Waals surface area contributed by atoms with Crippen LogP contribution in [-0.4, -0.2) is 18.1 Å². The van der Waals surface area contributed by atoms with Crippen molar-refractivity contribution in [3.8, 4) is 11.1 Å². The lowest BCUT2D eigenvalue weighted by Gasteiger charge is -2.19. The molecule has 0 amide bonds. The molecule has 1 heterocycles. The molecule has 0 radical (unpaired) electrons. The third kappa shape index (κ3) is 3.74. The summed E-state index contributed by atoms with van der Waals surface area (Å²) >= 11 is 12.8. The van der Waals surface area contributed by atoms with Gasteiger partial charge in [0.25, 0.3) is 0 Å². The van der Waals surface area contributed by atoms with Gasteiger partial charge in [0.05, 0.1) is 28.9 Å². The SMILES string of the molecule is COC(=O)c1c(C(C)C)nc2c(Cl)cc(Cl)cc2c1-c1cccc(C(C)C)c1. The van der Waals surface area contributed by atoms with E-state index in [1.54, 1.807) is 6.07 Å². The second-order valence-corrected chi connectivity index (χ2v) is 8.30. The lowest BCUT2D eigenvalue weighted by Crippen LogP contribution is -2.12. The number of carbonyl (C=O) groups is 1. The zero-order chi connectivity index (χ0) is 20.6. The number of methoxy groups -OCH3 is 1. The first-order valence-corrected chi connectivity index (χ1v) is 10.0. The van der Waals surface area contributed by atoms with Gasteiger partial charge < -0.3 is 4.74 Å². The summed E-state index contributed by atoms with van der Waals surface area (Å²) in [6.45, 7) is 8.27. The number of rotatable bonds is 4. The van der Waals surface area contributed by atoms with E-state index in [-0.39, 0.29) is 5.92 Å². The van der Waals surface area contributed by atoms with E-state index in [9.17, 15) is 4.79 Å². The fourth-order valence-corrected chi connectivity index (χ4v) is 3.92. The van der Waals surface area contributed by atoms with Crippen LogP contribution in [0.1, 0.15) is 61.1 Å². The molecule has 0 bridgehead atoms. The number of fused-ring (bicyclic) bond motifs is 1. The third-order valence-electron chi connectivity index (χ3n) is 4.81. The summed E-state index contributed by atoms with van der Waals surface area (Å²) in [5.74, 6) is -0.0530. The van der Waals surface area contributed by atoms with E-state index in [1.165, 1.54) is 12.7 Å². The highest BCUT2D eigenvalue weighted by Crippen LogP contribution is 2.40. The van der Waals surface area contributed by atoms with E-state index in [0.717, 1.165) is 16.5 Å². The first-order valence-electron chi connectivity index (χ1n) is 9.25. The molecule has 146 valence electrons. The van der Waals surface area contributed by atoms with Gasteiger partial charge in [0.2, 0.25) is 0 Å². The maximum absolute atomic E-state index is 12.8. The molecule has 5 heteroatoms. The van der Waals surface area contributed by atoms with Gasteiger partial charge in [-0.25, -0.2) is 4.79 Å². The molecule has 0 atom stereocenters. The Morgan fingerprint density at radius 1 is 1.04 bits per heavy atom. The van der Waals surface area contributed by atoms with Gasteiger partial charge in [0, 0.05) is 16.0 Å². The predicted octanol–water partition coefficient (Wildman–Crippen LogP) is 7.24. The minimum Gasteiger partial charge on any atom is -0.465 e. The van der Waals surface area contributed by atoms with Crippen LogP contribution in [0, 0.1) is 0 Å². The minimum atomic E-state index is -0.417. The van der Waals surface area contributed by atoms with Crippen LogP contribution in [0.5, 0.6) is 0 Å². The van der Waals surface area contributed by atoms with Crippen LogP contribution < -0.4 is 0 Å². The average molecular weight is 416 g/mol. The van der Waals surface area contributed by atoms with Crippen molar-refractivity contribution in [3.05, 3.63) is 63.3 Å². The normalized spacial score (nSPS) is 11.5. The molecule has 3 rings (SSSR count). The van der Waals surface area contributed by atoms with Gasteiger partial charge in [-0.3, -0.25) is 4.98 Å². The maximum atomic E-state index is 12.8. The standard InChI is InChI=1S/C23H23Cl2NO2/c1-12(2)14-7-6-8-15(9-14)19-17-10-16(24)11-18(25)22(17)26-21(13(3)4)20(19)23(27)28-5/h6-13H,1-5H3. The summed E-state index contributed by atoms with van der Waals surface area (Å²) in [6, 6.07) is 11.7. The lowest BCUT2D eigenvalue weighted by molar-refractivity contribution is 0.0599. The number of halogens is 2. The fourth-order valence-electron chi connectivity index (χ4n) is 3.39.